The molecule has 6 heteroatoms. The van der Waals surface area contributed by atoms with Gasteiger partial charge in [-0.05, 0) is 26.2 Å². The SMILES string of the molecule is C=C(C)C(=O)OCCCCCCCCCC=C1N=NSC1=O. The molecule has 0 radical (unpaired) electrons. The van der Waals surface area contributed by atoms with Crippen LogP contribution in [-0.2, 0) is 14.3 Å². The average molecular weight is 324 g/mol. The van der Waals surface area contributed by atoms with Crippen molar-refractivity contribution in [2.75, 3.05) is 6.61 Å². The Hall–Kier alpha value is -1.43. The molecule has 0 aromatic carbocycles. The number of carbonyl (C=O) groups excluding carboxylic acids is 2. The molecular weight excluding hydrogens is 300 g/mol. The zero-order chi connectivity index (χ0) is 16.2. The number of rotatable bonds is 11. The van der Waals surface area contributed by atoms with Crippen LogP contribution in [0.1, 0.15) is 58.3 Å². The molecule has 0 atom stereocenters. The fraction of sp³-hybridized carbons (Fsp3) is 0.625. The minimum Gasteiger partial charge on any atom is -0.462 e. The van der Waals surface area contributed by atoms with Crippen LogP contribution in [0.25, 0.3) is 0 Å². The first kappa shape index (κ1) is 18.6. The van der Waals surface area contributed by atoms with E-state index in [-0.39, 0.29) is 11.1 Å². The van der Waals surface area contributed by atoms with E-state index < -0.39 is 0 Å². The molecule has 0 amide bonds. The Morgan fingerprint density at radius 1 is 1.18 bits per heavy atom. The van der Waals surface area contributed by atoms with Gasteiger partial charge in [-0.15, -0.1) is 9.63 Å². The summed E-state index contributed by atoms with van der Waals surface area (Å²) < 4.78 is 8.65. The van der Waals surface area contributed by atoms with Gasteiger partial charge < -0.3 is 4.74 Å². The monoisotopic (exact) mass is 324 g/mol. The number of ether oxygens (including phenoxy) is 1. The Morgan fingerprint density at radius 3 is 2.41 bits per heavy atom. The maximum Gasteiger partial charge on any atom is 0.333 e. The Kier molecular flexibility index (Phi) is 9.46. The third-order valence-electron chi connectivity index (χ3n) is 3.25. The summed E-state index contributed by atoms with van der Waals surface area (Å²) >= 11 is 0.905. The molecule has 0 aromatic heterocycles. The molecular formula is C16H24N2O3S. The molecule has 1 aliphatic heterocycles. The maximum absolute atomic E-state index is 11.2. The first-order chi connectivity index (χ1) is 10.6. The summed E-state index contributed by atoms with van der Waals surface area (Å²) in [7, 11) is 0. The predicted octanol–water partition coefficient (Wildman–Crippen LogP) is 4.75. The zero-order valence-electron chi connectivity index (χ0n) is 13.2. The molecule has 0 fully saturated rings. The van der Waals surface area contributed by atoms with Crippen LogP contribution in [0.3, 0.4) is 0 Å². The zero-order valence-corrected chi connectivity index (χ0v) is 14.0. The Labute approximate surface area is 136 Å². The van der Waals surface area contributed by atoms with Crippen molar-refractivity contribution in [3.05, 3.63) is 23.9 Å². The van der Waals surface area contributed by atoms with E-state index in [0.29, 0.717) is 17.9 Å². The number of esters is 1. The van der Waals surface area contributed by atoms with E-state index in [1.54, 1.807) is 6.92 Å². The second kappa shape index (κ2) is 11.2. The van der Waals surface area contributed by atoms with Crippen molar-refractivity contribution < 1.29 is 14.3 Å². The standard InChI is InChI=1S/C16H24N2O3S/c1-13(2)15(19)21-12-10-8-6-4-3-5-7-9-11-14-16(20)22-18-17-14/h11H,1,3-10,12H2,2H3. The summed E-state index contributed by atoms with van der Waals surface area (Å²) in [6.45, 7) is 5.68. The Morgan fingerprint density at radius 2 is 1.82 bits per heavy atom. The molecule has 22 heavy (non-hydrogen) atoms. The molecule has 0 saturated heterocycles. The Balaban J connectivity index is 1.86. The van der Waals surface area contributed by atoms with Gasteiger partial charge in [-0.3, -0.25) is 4.79 Å². The van der Waals surface area contributed by atoms with E-state index in [0.717, 1.165) is 50.5 Å². The first-order valence-electron chi connectivity index (χ1n) is 7.76. The van der Waals surface area contributed by atoms with Crippen LogP contribution < -0.4 is 0 Å². The summed E-state index contributed by atoms with van der Waals surface area (Å²) in [5, 5.41) is 3.73. The van der Waals surface area contributed by atoms with Crippen LogP contribution in [-0.4, -0.2) is 17.7 Å². The van der Waals surface area contributed by atoms with Crippen molar-refractivity contribution in [3.63, 3.8) is 0 Å². The lowest BCUT2D eigenvalue weighted by molar-refractivity contribution is -0.139. The number of hydrogen-bond donors (Lipinski definition) is 0. The van der Waals surface area contributed by atoms with Gasteiger partial charge in [0.05, 0.1) is 18.6 Å². The lowest BCUT2D eigenvalue weighted by Crippen LogP contribution is -2.05. The Bertz CT molecular complexity index is 458. The number of hydrogen-bond acceptors (Lipinski definition) is 6. The first-order valence-corrected chi connectivity index (χ1v) is 8.54. The molecule has 1 aliphatic rings. The third-order valence-corrected chi connectivity index (χ3v) is 3.79. The van der Waals surface area contributed by atoms with Crippen LogP contribution in [0.5, 0.6) is 0 Å². The molecule has 0 N–H and O–H groups in total. The average Bonchev–Trinajstić information content (AvgIpc) is 2.89. The van der Waals surface area contributed by atoms with Crippen LogP contribution >= 0.6 is 11.9 Å². The summed E-state index contributed by atoms with van der Waals surface area (Å²) in [5.41, 5.74) is 0.948. The van der Waals surface area contributed by atoms with Gasteiger partial charge >= 0.3 is 5.97 Å². The van der Waals surface area contributed by atoms with Crippen LogP contribution in [0.4, 0.5) is 0 Å². The number of nitrogens with zero attached hydrogens (tertiary/aromatic N) is 2. The molecule has 0 saturated carbocycles. The summed E-state index contributed by atoms with van der Waals surface area (Å²) in [4.78, 5) is 22.3. The molecule has 0 unspecified atom stereocenters. The van der Waals surface area contributed by atoms with Crippen LogP contribution in [0.2, 0.25) is 0 Å². The van der Waals surface area contributed by atoms with Crippen molar-refractivity contribution in [3.8, 4) is 0 Å². The minimum atomic E-state index is -0.298. The summed E-state index contributed by atoms with van der Waals surface area (Å²) in [5.74, 6) is -0.298. The molecule has 0 aliphatic carbocycles. The van der Waals surface area contributed by atoms with E-state index in [9.17, 15) is 9.59 Å². The molecule has 1 heterocycles. The van der Waals surface area contributed by atoms with Crippen LogP contribution in [0.15, 0.2) is 33.6 Å². The van der Waals surface area contributed by atoms with Crippen LogP contribution in [0, 0.1) is 0 Å². The lowest BCUT2D eigenvalue weighted by atomic mass is 10.1. The molecule has 5 nitrogen and oxygen atoms in total. The van der Waals surface area contributed by atoms with E-state index in [1.807, 2.05) is 6.08 Å². The maximum atomic E-state index is 11.2. The fourth-order valence-electron chi connectivity index (χ4n) is 1.97. The lowest BCUT2D eigenvalue weighted by Gasteiger charge is -2.04. The van der Waals surface area contributed by atoms with Gasteiger partial charge in [-0.1, -0.05) is 44.8 Å². The van der Waals surface area contributed by atoms with Gasteiger partial charge in [-0.2, -0.15) is 0 Å². The molecule has 0 aromatic rings. The van der Waals surface area contributed by atoms with Crippen molar-refractivity contribution in [1.82, 2.24) is 0 Å². The smallest absolute Gasteiger partial charge is 0.333 e. The largest absolute Gasteiger partial charge is 0.462 e. The number of carbonyl (C=O) groups is 2. The summed E-state index contributed by atoms with van der Waals surface area (Å²) in [6, 6.07) is 0. The normalized spacial score (nSPS) is 15.5. The van der Waals surface area contributed by atoms with Gasteiger partial charge in [0, 0.05) is 5.57 Å². The molecule has 122 valence electrons. The predicted molar refractivity (Wildman–Crippen MR) is 88.2 cm³/mol. The van der Waals surface area contributed by atoms with Crippen molar-refractivity contribution in [2.45, 2.75) is 58.3 Å². The van der Waals surface area contributed by atoms with Crippen molar-refractivity contribution >= 4 is 23.0 Å². The number of allylic oxidation sites excluding steroid dienone is 1. The highest BCUT2D eigenvalue weighted by molar-refractivity contribution is 8.13. The quantitative estimate of drug-likeness (QED) is 0.238. The van der Waals surface area contributed by atoms with Gasteiger partial charge in [0.1, 0.15) is 5.70 Å². The van der Waals surface area contributed by atoms with E-state index in [4.69, 9.17) is 4.74 Å². The van der Waals surface area contributed by atoms with Gasteiger partial charge in [0.25, 0.3) is 5.12 Å². The highest BCUT2D eigenvalue weighted by Gasteiger charge is 2.14. The van der Waals surface area contributed by atoms with E-state index in [1.165, 1.54) is 12.8 Å². The second-order valence-corrected chi connectivity index (χ2v) is 6.05. The third kappa shape index (κ3) is 8.12. The van der Waals surface area contributed by atoms with E-state index >= 15 is 0 Å². The highest BCUT2D eigenvalue weighted by atomic mass is 32.2. The van der Waals surface area contributed by atoms with Gasteiger partial charge in [-0.25, -0.2) is 4.79 Å². The van der Waals surface area contributed by atoms with Gasteiger partial charge in [0.2, 0.25) is 0 Å². The molecule has 1 rings (SSSR count). The molecule has 0 spiro atoms. The van der Waals surface area contributed by atoms with Crippen molar-refractivity contribution in [1.29, 1.82) is 0 Å². The van der Waals surface area contributed by atoms with Gasteiger partial charge in [0.15, 0.2) is 0 Å². The summed E-state index contributed by atoms with van der Waals surface area (Å²) in [6.07, 6.45) is 10.5. The van der Waals surface area contributed by atoms with Crippen molar-refractivity contribution in [2.24, 2.45) is 9.63 Å². The van der Waals surface area contributed by atoms with E-state index in [2.05, 4.69) is 16.2 Å². The fourth-order valence-corrected chi connectivity index (χ4v) is 2.39. The molecule has 0 bridgehead atoms. The minimum absolute atomic E-state index is 0.0488. The second-order valence-electron chi connectivity index (χ2n) is 5.33. The number of unbranched alkanes of at least 4 members (excludes halogenated alkanes) is 7. The highest BCUT2D eigenvalue weighted by Crippen LogP contribution is 2.23. The topological polar surface area (TPSA) is 68.1 Å².